The molecule has 0 atom stereocenters. The van der Waals surface area contributed by atoms with Gasteiger partial charge in [-0.1, -0.05) is 0 Å². The second kappa shape index (κ2) is 6.26. The molecule has 1 aromatic heterocycles. The van der Waals surface area contributed by atoms with Crippen molar-refractivity contribution in [2.75, 3.05) is 25.1 Å². The molecule has 1 aliphatic rings. The molecule has 1 aromatic carbocycles. The number of carbonyl (C=O) groups excluding carboxylic acids is 1. The van der Waals surface area contributed by atoms with Crippen LogP contribution >= 0.6 is 0 Å². The average Bonchev–Trinajstić information content (AvgIpc) is 2.59. The van der Waals surface area contributed by atoms with Gasteiger partial charge in [0.05, 0.1) is 18.2 Å². The zero-order valence-electron chi connectivity index (χ0n) is 13.1. The number of nitrogens with zero attached hydrogens (tertiary/aromatic N) is 3. The molecule has 128 valence electrons. The summed E-state index contributed by atoms with van der Waals surface area (Å²) in [7, 11) is 1.25. The summed E-state index contributed by atoms with van der Waals surface area (Å²) in [6, 6.07) is 4.29. The molecule has 1 fully saturated rings. The minimum atomic E-state index is -4.63. The number of fused-ring (bicyclic) bond motifs is 1. The Labute approximate surface area is 136 Å². The Hall–Kier alpha value is -2.38. The van der Waals surface area contributed by atoms with Crippen LogP contribution in [0.3, 0.4) is 0 Å². The van der Waals surface area contributed by atoms with E-state index in [4.69, 9.17) is 0 Å². The highest BCUT2D eigenvalue weighted by molar-refractivity contribution is 5.98. The number of hydrogen-bond acceptors (Lipinski definition) is 5. The standard InChI is InChI=1S/C16H16F3N3O2/c1-24-14(23)10-5-6-12-11(9-10)13(22-7-3-2-4-8-22)21-15(20-12)16(17,18)19/h5-6,9H,2-4,7-8H2,1H3. The van der Waals surface area contributed by atoms with E-state index in [0.717, 1.165) is 19.3 Å². The zero-order valence-corrected chi connectivity index (χ0v) is 13.1. The summed E-state index contributed by atoms with van der Waals surface area (Å²) in [6.07, 6.45) is -1.80. The summed E-state index contributed by atoms with van der Waals surface area (Å²) in [5, 5.41) is 0.424. The molecule has 8 heteroatoms. The molecule has 0 saturated carbocycles. The molecule has 0 aliphatic carbocycles. The zero-order chi connectivity index (χ0) is 17.3. The molecule has 2 heterocycles. The normalized spacial score (nSPS) is 15.6. The first kappa shape index (κ1) is 16.5. The number of halogens is 3. The minimum absolute atomic E-state index is 0.158. The Morgan fingerprint density at radius 3 is 2.50 bits per heavy atom. The highest BCUT2D eigenvalue weighted by Crippen LogP contribution is 2.33. The van der Waals surface area contributed by atoms with E-state index in [1.54, 1.807) is 0 Å². The molecule has 0 bridgehead atoms. The maximum Gasteiger partial charge on any atom is 0.451 e. The monoisotopic (exact) mass is 339 g/mol. The third kappa shape index (κ3) is 3.13. The Balaban J connectivity index is 2.19. The van der Waals surface area contributed by atoms with E-state index >= 15 is 0 Å². The lowest BCUT2D eigenvalue weighted by Gasteiger charge is -2.29. The molecule has 3 rings (SSSR count). The Morgan fingerprint density at radius 2 is 1.88 bits per heavy atom. The lowest BCUT2D eigenvalue weighted by atomic mass is 10.1. The van der Waals surface area contributed by atoms with Crippen LogP contribution < -0.4 is 4.90 Å². The Kier molecular flexibility index (Phi) is 4.29. The molecule has 1 aliphatic heterocycles. The van der Waals surface area contributed by atoms with Crippen molar-refractivity contribution >= 4 is 22.7 Å². The Morgan fingerprint density at radius 1 is 1.17 bits per heavy atom. The third-order valence-corrected chi connectivity index (χ3v) is 4.01. The summed E-state index contributed by atoms with van der Waals surface area (Å²) < 4.78 is 44.0. The molecule has 0 unspecified atom stereocenters. The number of carbonyl (C=O) groups is 1. The highest BCUT2D eigenvalue weighted by atomic mass is 19.4. The van der Waals surface area contributed by atoms with Gasteiger partial charge in [0.2, 0.25) is 5.82 Å². The van der Waals surface area contributed by atoms with Crippen LogP contribution in [0.25, 0.3) is 10.9 Å². The van der Waals surface area contributed by atoms with Crippen molar-refractivity contribution in [3.8, 4) is 0 Å². The molecule has 0 radical (unpaired) electrons. The van der Waals surface area contributed by atoms with E-state index in [2.05, 4.69) is 14.7 Å². The second-order valence-corrected chi connectivity index (χ2v) is 5.64. The number of ether oxygens (including phenoxy) is 1. The van der Waals surface area contributed by atoms with Crippen LogP contribution in [0.15, 0.2) is 18.2 Å². The number of aromatic nitrogens is 2. The molecule has 0 N–H and O–H groups in total. The molecule has 2 aromatic rings. The summed E-state index contributed by atoms with van der Waals surface area (Å²) in [4.78, 5) is 20.9. The van der Waals surface area contributed by atoms with Crippen LogP contribution in [0.2, 0.25) is 0 Å². The topological polar surface area (TPSA) is 55.3 Å². The van der Waals surface area contributed by atoms with E-state index in [-0.39, 0.29) is 16.9 Å². The number of alkyl halides is 3. The van der Waals surface area contributed by atoms with Gasteiger partial charge in [0.1, 0.15) is 5.82 Å². The van der Waals surface area contributed by atoms with Crippen molar-refractivity contribution in [2.45, 2.75) is 25.4 Å². The van der Waals surface area contributed by atoms with Gasteiger partial charge in [0.25, 0.3) is 0 Å². The van der Waals surface area contributed by atoms with Gasteiger partial charge in [-0.15, -0.1) is 0 Å². The van der Waals surface area contributed by atoms with Gasteiger partial charge in [0.15, 0.2) is 0 Å². The van der Waals surface area contributed by atoms with Crippen molar-refractivity contribution in [3.05, 3.63) is 29.6 Å². The fourth-order valence-corrected chi connectivity index (χ4v) is 2.83. The van der Waals surface area contributed by atoms with Crippen molar-refractivity contribution in [3.63, 3.8) is 0 Å². The fraction of sp³-hybridized carbons (Fsp3) is 0.438. The van der Waals surface area contributed by atoms with Gasteiger partial charge < -0.3 is 9.64 Å². The number of esters is 1. The maximum absolute atomic E-state index is 13.1. The number of benzene rings is 1. The van der Waals surface area contributed by atoms with E-state index < -0.39 is 18.0 Å². The molecular weight excluding hydrogens is 323 g/mol. The number of anilines is 1. The summed E-state index contributed by atoms with van der Waals surface area (Å²) in [5.41, 5.74) is 0.414. The van der Waals surface area contributed by atoms with Crippen LogP contribution in [0.1, 0.15) is 35.4 Å². The van der Waals surface area contributed by atoms with Crippen LogP contribution in [0.4, 0.5) is 19.0 Å². The number of methoxy groups -OCH3 is 1. The van der Waals surface area contributed by atoms with Crippen molar-refractivity contribution < 1.29 is 22.7 Å². The van der Waals surface area contributed by atoms with Crippen LogP contribution in [-0.4, -0.2) is 36.1 Å². The van der Waals surface area contributed by atoms with Gasteiger partial charge in [-0.2, -0.15) is 13.2 Å². The number of rotatable bonds is 2. The fourth-order valence-electron chi connectivity index (χ4n) is 2.83. The van der Waals surface area contributed by atoms with Crippen molar-refractivity contribution in [1.29, 1.82) is 0 Å². The SMILES string of the molecule is COC(=O)c1ccc2nc(C(F)(F)F)nc(N3CCCCC3)c2c1. The van der Waals surface area contributed by atoms with Crippen molar-refractivity contribution in [1.82, 2.24) is 9.97 Å². The van der Waals surface area contributed by atoms with E-state index in [9.17, 15) is 18.0 Å². The predicted octanol–water partition coefficient (Wildman–Crippen LogP) is 3.43. The summed E-state index contributed by atoms with van der Waals surface area (Å²) >= 11 is 0. The molecule has 24 heavy (non-hydrogen) atoms. The summed E-state index contributed by atoms with van der Waals surface area (Å²) in [6.45, 7) is 1.26. The minimum Gasteiger partial charge on any atom is -0.465 e. The first-order chi connectivity index (χ1) is 11.4. The van der Waals surface area contributed by atoms with Crippen LogP contribution in [0.5, 0.6) is 0 Å². The largest absolute Gasteiger partial charge is 0.465 e. The van der Waals surface area contributed by atoms with Crippen LogP contribution in [0, 0.1) is 0 Å². The summed E-state index contributed by atoms with van der Waals surface area (Å²) in [5.74, 6) is -1.50. The van der Waals surface area contributed by atoms with Crippen molar-refractivity contribution in [2.24, 2.45) is 0 Å². The van der Waals surface area contributed by atoms with E-state index in [1.807, 2.05) is 4.90 Å². The molecule has 5 nitrogen and oxygen atoms in total. The van der Waals surface area contributed by atoms with Gasteiger partial charge >= 0.3 is 12.1 Å². The van der Waals surface area contributed by atoms with Crippen LogP contribution in [-0.2, 0) is 10.9 Å². The van der Waals surface area contributed by atoms with E-state index in [1.165, 1.54) is 25.3 Å². The molecule has 0 spiro atoms. The lowest BCUT2D eigenvalue weighted by Crippen LogP contribution is -2.31. The molecule has 1 saturated heterocycles. The van der Waals surface area contributed by atoms with Gasteiger partial charge in [-0.3, -0.25) is 0 Å². The van der Waals surface area contributed by atoms with Gasteiger partial charge in [-0.05, 0) is 37.5 Å². The number of piperidine rings is 1. The van der Waals surface area contributed by atoms with E-state index in [0.29, 0.717) is 18.5 Å². The molecular formula is C16H16F3N3O2. The van der Waals surface area contributed by atoms with Gasteiger partial charge in [-0.25, -0.2) is 14.8 Å². The first-order valence-electron chi connectivity index (χ1n) is 7.62. The highest BCUT2D eigenvalue weighted by Gasteiger charge is 2.36. The predicted molar refractivity (Wildman–Crippen MR) is 81.9 cm³/mol. The smallest absolute Gasteiger partial charge is 0.451 e. The third-order valence-electron chi connectivity index (χ3n) is 4.01. The van der Waals surface area contributed by atoms with Gasteiger partial charge in [0, 0.05) is 18.5 Å². The average molecular weight is 339 g/mol. The quantitative estimate of drug-likeness (QED) is 0.785. The molecule has 0 amide bonds. The first-order valence-corrected chi connectivity index (χ1v) is 7.62. The lowest BCUT2D eigenvalue weighted by molar-refractivity contribution is -0.144. The maximum atomic E-state index is 13.1. The Bertz CT molecular complexity index is 771. The second-order valence-electron chi connectivity index (χ2n) is 5.64. The number of hydrogen-bond donors (Lipinski definition) is 0.